The summed E-state index contributed by atoms with van der Waals surface area (Å²) in [6.45, 7) is 0. The summed E-state index contributed by atoms with van der Waals surface area (Å²) >= 11 is 0. The topological polar surface area (TPSA) is 78.4 Å². The minimum atomic E-state index is -0.376. The molecule has 0 radical (unpaired) electrons. The average molecular weight is 344 g/mol. The zero-order valence-electron chi connectivity index (χ0n) is 14.5. The number of hydrazone groups is 1. The van der Waals surface area contributed by atoms with Crippen LogP contribution in [0.5, 0.6) is 23.0 Å². The number of rotatable bonds is 7. The molecule has 0 aliphatic heterocycles. The molecule has 7 nitrogen and oxygen atoms in total. The lowest BCUT2D eigenvalue weighted by molar-refractivity contribution is 0.0954. The Balaban J connectivity index is 2.13. The molecule has 0 saturated heterocycles. The summed E-state index contributed by atoms with van der Waals surface area (Å²) in [7, 11) is 6.17. The number of carbonyl (C=O) groups excluding carboxylic acids is 1. The molecule has 2 aromatic carbocycles. The van der Waals surface area contributed by atoms with Crippen molar-refractivity contribution in [3.05, 3.63) is 47.5 Å². The number of nitrogens with zero attached hydrogens (tertiary/aromatic N) is 1. The highest BCUT2D eigenvalue weighted by molar-refractivity contribution is 5.95. The van der Waals surface area contributed by atoms with Crippen molar-refractivity contribution in [3.63, 3.8) is 0 Å². The number of amides is 1. The summed E-state index contributed by atoms with van der Waals surface area (Å²) < 4.78 is 20.7. The highest BCUT2D eigenvalue weighted by Gasteiger charge is 2.10. The number of ether oxygens (including phenoxy) is 4. The second-order valence-electron chi connectivity index (χ2n) is 4.88. The average Bonchev–Trinajstić information content (AvgIpc) is 2.67. The summed E-state index contributed by atoms with van der Waals surface area (Å²) in [5.74, 6) is 1.91. The van der Waals surface area contributed by atoms with Gasteiger partial charge < -0.3 is 18.9 Å². The third kappa shape index (κ3) is 4.41. The second kappa shape index (κ2) is 8.58. The maximum absolute atomic E-state index is 12.2. The summed E-state index contributed by atoms with van der Waals surface area (Å²) in [4.78, 5) is 12.2. The largest absolute Gasteiger partial charge is 0.497 e. The van der Waals surface area contributed by atoms with Crippen molar-refractivity contribution < 1.29 is 23.7 Å². The number of carbonyl (C=O) groups is 1. The van der Waals surface area contributed by atoms with E-state index in [-0.39, 0.29) is 5.91 Å². The van der Waals surface area contributed by atoms with Gasteiger partial charge in [-0.25, -0.2) is 5.43 Å². The van der Waals surface area contributed by atoms with Crippen LogP contribution in [0.15, 0.2) is 41.5 Å². The predicted octanol–water partition coefficient (Wildman–Crippen LogP) is 2.48. The molecule has 0 aliphatic rings. The van der Waals surface area contributed by atoms with Gasteiger partial charge in [-0.2, -0.15) is 5.10 Å². The lowest BCUT2D eigenvalue weighted by Gasteiger charge is -2.09. The highest BCUT2D eigenvalue weighted by Crippen LogP contribution is 2.27. The van der Waals surface area contributed by atoms with Crippen molar-refractivity contribution >= 4 is 12.1 Å². The third-order valence-electron chi connectivity index (χ3n) is 3.45. The number of hydrogen-bond donors (Lipinski definition) is 1. The van der Waals surface area contributed by atoms with Crippen LogP contribution in [0.1, 0.15) is 15.9 Å². The fourth-order valence-electron chi connectivity index (χ4n) is 2.14. The molecule has 0 fully saturated rings. The van der Waals surface area contributed by atoms with Gasteiger partial charge in [0.05, 0.1) is 34.7 Å². The van der Waals surface area contributed by atoms with E-state index in [0.717, 1.165) is 0 Å². The van der Waals surface area contributed by atoms with Gasteiger partial charge in [-0.3, -0.25) is 4.79 Å². The van der Waals surface area contributed by atoms with Crippen LogP contribution in [0.25, 0.3) is 0 Å². The van der Waals surface area contributed by atoms with E-state index in [0.29, 0.717) is 34.1 Å². The Morgan fingerprint density at radius 3 is 2.20 bits per heavy atom. The van der Waals surface area contributed by atoms with Gasteiger partial charge in [0.2, 0.25) is 0 Å². The molecule has 0 bridgehead atoms. The standard InChI is InChI=1S/C18H20N2O5/c1-22-14-6-8-15(23-2)13(9-14)11-19-20-18(21)12-5-7-16(24-3)17(10-12)25-4/h5-11H,1-4H3,(H,20,21)/b19-11+. The van der Waals surface area contributed by atoms with E-state index in [1.165, 1.54) is 20.4 Å². The maximum atomic E-state index is 12.2. The van der Waals surface area contributed by atoms with Gasteiger partial charge in [-0.05, 0) is 36.4 Å². The van der Waals surface area contributed by atoms with Gasteiger partial charge in [-0.1, -0.05) is 0 Å². The van der Waals surface area contributed by atoms with Crippen molar-refractivity contribution in [2.75, 3.05) is 28.4 Å². The Morgan fingerprint density at radius 1 is 0.880 bits per heavy atom. The maximum Gasteiger partial charge on any atom is 0.271 e. The highest BCUT2D eigenvalue weighted by atomic mass is 16.5. The molecule has 25 heavy (non-hydrogen) atoms. The van der Waals surface area contributed by atoms with Crippen LogP contribution < -0.4 is 24.4 Å². The van der Waals surface area contributed by atoms with E-state index in [1.807, 2.05) is 0 Å². The fraction of sp³-hybridized carbons (Fsp3) is 0.222. The Kier molecular flexibility index (Phi) is 6.22. The van der Waals surface area contributed by atoms with Crippen LogP contribution in [0, 0.1) is 0 Å². The normalized spacial score (nSPS) is 10.4. The molecule has 0 aromatic heterocycles. The SMILES string of the molecule is COc1ccc(OC)c(/C=N/NC(=O)c2ccc(OC)c(OC)c2)c1. The molecule has 0 aliphatic carbocycles. The minimum Gasteiger partial charge on any atom is -0.497 e. The van der Waals surface area contributed by atoms with Gasteiger partial charge in [-0.15, -0.1) is 0 Å². The molecule has 2 rings (SSSR count). The molecule has 7 heteroatoms. The lowest BCUT2D eigenvalue weighted by atomic mass is 10.2. The molecular formula is C18H20N2O5. The lowest BCUT2D eigenvalue weighted by Crippen LogP contribution is -2.17. The molecule has 0 unspecified atom stereocenters. The van der Waals surface area contributed by atoms with E-state index in [1.54, 1.807) is 50.6 Å². The minimum absolute atomic E-state index is 0.376. The number of benzene rings is 2. The number of methoxy groups -OCH3 is 4. The van der Waals surface area contributed by atoms with Gasteiger partial charge in [0.1, 0.15) is 11.5 Å². The zero-order chi connectivity index (χ0) is 18.2. The summed E-state index contributed by atoms with van der Waals surface area (Å²) in [6, 6.07) is 10.1. The smallest absolute Gasteiger partial charge is 0.271 e. The number of nitrogens with one attached hydrogen (secondary N) is 1. The first-order valence-corrected chi connectivity index (χ1v) is 7.40. The van der Waals surface area contributed by atoms with Crippen LogP contribution >= 0.6 is 0 Å². The first-order chi connectivity index (χ1) is 12.1. The van der Waals surface area contributed by atoms with Crippen LogP contribution in [0.2, 0.25) is 0 Å². The molecule has 132 valence electrons. The monoisotopic (exact) mass is 344 g/mol. The van der Waals surface area contributed by atoms with E-state index in [2.05, 4.69) is 10.5 Å². The number of hydrogen-bond acceptors (Lipinski definition) is 6. The van der Waals surface area contributed by atoms with E-state index < -0.39 is 0 Å². The summed E-state index contributed by atoms with van der Waals surface area (Å²) in [6.07, 6.45) is 1.49. The van der Waals surface area contributed by atoms with Gasteiger partial charge in [0, 0.05) is 11.1 Å². The van der Waals surface area contributed by atoms with Gasteiger partial charge in [0.25, 0.3) is 5.91 Å². The zero-order valence-corrected chi connectivity index (χ0v) is 14.5. The third-order valence-corrected chi connectivity index (χ3v) is 3.45. The molecule has 2 aromatic rings. The Bertz CT molecular complexity index is 774. The van der Waals surface area contributed by atoms with Crippen molar-refractivity contribution in [1.29, 1.82) is 0 Å². The van der Waals surface area contributed by atoms with Crippen molar-refractivity contribution in [2.45, 2.75) is 0 Å². The molecule has 0 spiro atoms. The molecule has 0 saturated carbocycles. The summed E-state index contributed by atoms with van der Waals surface area (Å²) in [5.41, 5.74) is 3.53. The van der Waals surface area contributed by atoms with Crippen LogP contribution in [0.4, 0.5) is 0 Å². The van der Waals surface area contributed by atoms with E-state index >= 15 is 0 Å². The Hall–Kier alpha value is -3.22. The first kappa shape index (κ1) is 18.1. The predicted molar refractivity (Wildman–Crippen MR) is 94.2 cm³/mol. The van der Waals surface area contributed by atoms with E-state index in [4.69, 9.17) is 18.9 Å². The first-order valence-electron chi connectivity index (χ1n) is 7.40. The molecular weight excluding hydrogens is 324 g/mol. The van der Waals surface area contributed by atoms with Crippen molar-refractivity contribution in [1.82, 2.24) is 5.43 Å². The Labute approximate surface area is 146 Å². The van der Waals surface area contributed by atoms with Crippen molar-refractivity contribution in [2.24, 2.45) is 5.10 Å². The van der Waals surface area contributed by atoms with E-state index in [9.17, 15) is 4.79 Å². The van der Waals surface area contributed by atoms with Crippen LogP contribution in [0.3, 0.4) is 0 Å². The quantitative estimate of drug-likeness (QED) is 0.617. The van der Waals surface area contributed by atoms with Gasteiger partial charge >= 0.3 is 0 Å². The van der Waals surface area contributed by atoms with Crippen molar-refractivity contribution in [3.8, 4) is 23.0 Å². The second-order valence-corrected chi connectivity index (χ2v) is 4.88. The van der Waals surface area contributed by atoms with Crippen LogP contribution in [-0.2, 0) is 0 Å². The molecule has 1 N–H and O–H groups in total. The summed E-state index contributed by atoms with van der Waals surface area (Å²) in [5, 5.41) is 3.97. The Morgan fingerprint density at radius 2 is 1.56 bits per heavy atom. The molecule has 0 atom stereocenters. The van der Waals surface area contributed by atoms with Gasteiger partial charge in [0.15, 0.2) is 11.5 Å². The molecule has 0 heterocycles. The van der Waals surface area contributed by atoms with Crippen LogP contribution in [-0.4, -0.2) is 40.6 Å². The molecule has 1 amide bonds. The fourth-order valence-corrected chi connectivity index (χ4v) is 2.14.